The average Bonchev–Trinajstić information content (AvgIpc) is 2.78. The number of non-ortho nitro benzene ring substituents is 1. The van der Waals surface area contributed by atoms with Crippen LogP contribution in [0.4, 0.5) is 5.69 Å². The first-order chi connectivity index (χ1) is 10.1. The summed E-state index contributed by atoms with van der Waals surface area (Å²) >= 11 is 6.10. The number of hydrogen-bond acceptors (Lipinski definition) is 3. The molecule has 0 saturated carbocycles. The van der Waals surface area contributed by atoms with Crippen LogP contribution in [0.1, 0.15) is 21.5 Å². The molecular formula is C16H12ClNO3. The first-order valence-electron chi connectivity index (χ1n) is 6.61. The van der Waals surface area contributed by atoms with Crippen LogP contribution in [0.25, 0.3) is 0 Å². The molecule has 0 saturated heterocycles. The van der Waals surface area contributed by atoms with E-state index in [1.807, 2.05) is 24.3 Å². The molecule has 0 bridgehead atoms. The Balaban J connectivity index is 1.87. The molecule has 3 rings (SSSR count). The van der Waals surface area contributed by atoms with Gasteiger partial charge in [0.1, 0.15) is 0 Å². The molecule has 21 heavy (non-hydrogen) atoms. The van der Waals surface area contributed by atoms with E-state index in [0.29, 0.717) is 23.4 Å². The van der Waals surface area contributed by atoms with Gasteiger partial charge in [0.15, 0.2) is 5.78 Å². The summed E-state index contributed by atoms with van der Waals surface area (Å²) in [4.78, 5) is 22.7. The summed E-state index contributed by atoms with van der Waals surface area (Å²) in [5.41, 5.74) is 2.44. The third-order valence-electron chi connectivity index (χ3n) is 3.83. The molecule has 5 heteroatoms. The van der Waals surface area contributed by atoms with E-state index in [1.165, 1.54) is 18.2 Å². The molecule has 0 spiro atoms. The van der Waals surface area contributed by atoms with E-state index >= 15 is 0 Å². The summed E-state index contributed by atoms with van der Waals surface area (Å²) in [6.45, 7) is 0. The van der Waals surface area contributed by atoms with E-state index in [9.17, 15) is 14.9 Å². The number of hydrogen-bond donors (Lipinski definition) is 0. The Kier molecular flexibility index (Phi) is 3.47. The molecule has 1 aliphatic rings. The molecule has 0 heterocycles. The molecule has 2 aromatic carbocycles. The van der Waals surface area contributed by atoms with Crippen LogP contribution in [0.5, 0.6) is 0 Å². The van der Waals surface area contributed by atoms with Crippen LogP contribution >= 0.6 is 11.6 Å². The number of carbonyl (C=O) groups is 1. The van der Waals surface area contributed by atoms with E-state index in [4.69, 9.17) is 11.6 Å². The molecule has 0 fully saturated rings. The molecule has 2 aromatic rings. The van der Waals surface area contributed by atoms with Crippen molar-refractivity contribution in [3.05, 3.63) is 74.3 Å². The van der Waals surface area contributed by atoms with Gasteiger partial charge in [-0.3, -0.25) is 14.9 Å². The van der Waals surface area contributed by atoms with E-state index < -0.39 is 4.92 Å². The van der Waals surface area contributed by atoms with Gasteiger partial charge in [0.25, 0.3) is 5.69 Å². The Bertz CT molecular complexity index is 742. The first-order valence-corrected chi connectivity index (χ1v) is 6.99. The van der Waals surface area contributed by atoms with Crippen molar-refractivity contribution in [1.82, 2.24) is 0 Å². The lowest BCUT2D eigenvalue weighted by Crippen LogP contribution is -2.12. The molecule has 4 nitrogen and oxygen atoms in total. The lowest BCUT2D eigenvalue weighted by Gasteiger charge is -2.09. The van der Waals surface area contributed by atoms with Gasteiger partial charge in [-0.25, -0.2) is 0 Å². The van der Waals surface area contributed by atoms with Crippen molar-refractivity contribution in [2.24, 2.45) is 5.92 Å². The van der Waals surface area contributed by atoms with E-state index in [1.54, 1.807) is 0 Å². The Labute approximate surface area is 126 Å². The second-order valence-electron chi connectivity index (χ2n) is 5.16. The number of rotatable bonds is 3. The number of nitrogens with zero attached hydrogens (tertiary/aromatic N) is 1. The van der Waals surface area contributed by atoms with Gasteiger partial charge in [0.05, 0.1) is 4.92 Å². The normalized spacial score (nSPS) is 16.8. The van der Waals surface area contributed by atoms with Crippen LogP contribution in [-0.2, 0) is 12.8 Å². The highest BCUT2D eigenvalue weighted by molar-refractivity contribution is 6.31. The molecule has 1 atom stereocenters. The molecule has 0 aromatic heterocycles. The Hall–Kier alpha value is -2.20. The minimum absolute atomic E-state index is 0.00244. The van der Waals surface area contributed by atoms with E-state index in [2.05, 4.69) is 0 Å². The van der Waals surface area contributed by atoms with Gasteiger partial charge in [0, 0.05) is 28.6 Å². The Morgan fingerprint density at radius 2 is 2.00 bits per heavy atom. The standard InChI is InChI=1S/C16H12ClNO3/c17-15-6-5-13(18(20)21)9-11(15)8-12-7-10-3-1-2-4-14(10)16(12)19/h1-6,9,12H,7-8H2. The molecule has 0 aliphatic heterocycles. The number of carbonyl (C=O) groups excluding carboxylic acids is 1. The van der Waals surface area contributed by atoms with Gasteiger partial charge in [-0.15, -0.1) is 0 Å². The number of ketones is 1. The molecule has 0 N–H and O–H groups in total. The smallest absolute Gasteiger partial charge is 0.269 e. The highest BCUT2D eigenvalue weighted by Crippen LogP contribution is 2.32. The first kappa shape index (κ1) is 13.8. The van der Waals surface area contributed by atoms with Crippen molar-refractivity contribution >= 4 is 23.1 Å². The molecule has 0 radical (unpaired) electrons. The van der Waals surface area contributed by atoms with Crippen molar-refractivity contribution < 1.29 is 9.72 Å². The van der Waals surface area contributed by atoms with Crippen LogP contribution in [0.15, 0.2) is 42.5 Å². The van der Waals surface area contributed by atoms with Gasteiger partial charge in [-0.05, 0) is 30.0 Å². The minimum atomic E-state index is -0.453. The lowest BCUT2D eigenvalue weighted by molar-refractivity contribution is -0.384. The Morgan fingerprint density at radius 3 is 2.71 bits per heavy atom. The summed E-state index contributed by atoms with van der Waals surface area (Å²) in [6, 6.07) is 11.9. The number of nitro benzene ring substituents is 1. The largest absolute Gasteiger partial charge is 0.294 e. The number of fused-ring (bicyclic) bond motifs is 1. The third kappa shape index (κ3) is 2.54. The van der Waals surface area contributed by atoms with Gasteiger partial charge in [-0.1, -0.05) is 35.9 Å². The maximum atomic E-state index is 12.4. The number of halogens is 1. The van der Waals surface area contributed by atoms with Crippen LogP contribution < -0.4 is 0 Å². The molecule has 0 amide bonds. The van der Waals surface area contributed by atoms with E-state index in [-0.39, 0.29) is 17.4 Å². The monoisotopic (exact) mass is 301 g/mol. The zero-order valence-electron chi connectivity index (χ0n) is 11.1. The van der Waals surface area contributed by atoms with Crippen LogP contribution in [0.2, 0.25) is 5.02 Å². The molecule has 1 aliphatic carbocycles. The van der Waals surface area contributed by atoms with Crippen molar-refractivity contribution in [3.8, 4) is 0 Å². The predicted octanol–water partition coefficient (Wildman–Crippen LogP) is 3.85. The van der Waals surface area contributed by atoms with Crippen molar-refractivity contribution in [2.45, 2.75) is 12.8 Å². The van der Waals surface area contributed by atoms with Crippen molar-refractivity contribution in [2.75, 3.05) is 0 Å². The van der Waals surface area contributed by atoms with Crippen molar-refractivity contribution in [1.29, 1.82) is 0 Å². The van der Waals surface area contributed by atoms with Crippen LogP contribution in [0, 0.1) is 16.0 Å². The summed E-state index contributed by atoms with van der Waals surface area (Å²) < 4.78 is 0. The summed E-state index contributed by atoms with van der Waals surface area (Å²) in [5.74, 6) is -0.102. The summed E-state index contributed by atoms with van der Waals surface area (Å²) in [6.07, 6.45) is 1.09. The highest BCUT2D eigenvalue weighted by atomic mass is 35.5. The fraction of sp³-hybridized carbons (Fsp3) is 0.188. The third-order valence-corrected chi connectivity index (χ3v) is 4.20. The zero-order valence-corrected chi connectivity index (χ0v) is 11.8. The fourth-order valence-corrected chi connectivity index (χ4v) is 2.97. The molecular weight excluding hydrogens is 290 g/mol. The van der Waals surface area contributed by atoms with Gasteiger partial charge in [0.2, 0.25) is 0 Å². The summed E-state index contributed by atoms with van der Waals surface area (Å²) in [7, 11) is 0. The minimum Gasteiger partial charge on any atom is -0.294 e. The summed E-state index contributed by atoms with van der Waals surface area (Å²) in [5, 5.41) is 11.3. The lowest BCUT2D eigenvalue weighted by atomic mass is 9.95. The topological polar surface area (TPSA) is 60.2 Å². The fourth-order valence-electron chi connectivity index (χ4n) is 2.78. The quantitative estimate of drug-likeness (QED) is 0.639. The molecule has 1 unspecified atom stereocenters. The van der Waals surface area contributed by atoms with Gasteiger partial charge in [-0.2, -0.15) is 0 Å². The molecule has 106 valence electrons. The average molecular weight is 302 g/mol. The second kappa shape index (κ2) is 5.30. The zero-order chi connectivity index (χ0) is 15.0. The maximum absolute atomic E-state index is 12.4. The second-order valence-corrected chi connectivity index (χ2v) is 5.57. The SMILES string of the molecule is O=C1c2ccccc2CC1Cc1cc([N+](=O)[O-])ccc1Cl. The van der Waals surface area contributed by atoms with Crippen LogP contribution in [-0.4, -0.2) is 10.7 Å². The van der Waals surface area contributed by atoms with Crippen molar-refractivity contribution in [3.63, 3.8) is 0 Å². The Morgan fingerprint density at radius 1 is 1.24 bits per heavy atom. The maximum Gasteiger partial charge on any atom is 0.269 e. The van der Waals surface area contributed by atoms with Crippen LogP contribution in [0.3, 0.4) is 0 Å². The van der Waals surface area contributed by atoms with E-state index in [0.717, 1.165) is 11.1 Å². The van der Waals surface area contributed by atoms with Gasteiger partial charge >= 0.3 is 0 Å². The number of benzene rings is 2. The number of Topliss-reactive ketones (excluding diaryl/α,β-unsaturated/α-hetero) is 1. The number of nitro groups is 1. The highest BCUT2D eigenvalue weighted by Gasteiger charge is 2.30. The predicted molar refractivity (Wildman–Crippen MR) is 79.8 cm³/mol. The van der Waals surface area contributed by atoms with Gasteiger partial charge < -0.3 is 0 Å².